The first-order valence-corrected chi connectivity index (χ1v) is 9.66. The van der Waals surface area contributed by atoms with Gasteiger partial charge in [-0.3, -0.25) is 4.99 Å². The van der Waals surface area contributed by atoms with Gasteiger partial charge < -0.3 is 19.9 Å². The molecule has 0 aliphatic carbocycles. The normalized spacial score (nSPS) is 12.4. The van der Waals surface area contributed by atoms with Crippen molar-refractivity contribution in [2.75, 3.05) is 13.6 Å². The van der Waals surface area contributed by atoms with Crippen molar-refractivity contribution in [1.29, 1.82) is 0 Å². The number of nitrogens with one attached hydrogen (secondary N) is 2. The molecule has 2 aromatic rings. The molecule has 1 aromatic heterocycles. The van der Waals surface area contributed by atoms with Gasteiger partial charge in [-0.15, -0.1) is 24.0 Å². The van der Waals surface area contributed by atoms with Crippen LogP contribution < -0.4 is 15.4 Å². The van der Waals surface area contributed by atoms with Crippen LogP contribution >= 0.6 is 24.0 Å². The molecule has 0 aliphatic rings. The molecule has 0 bridgehead atoms. The first-order chi connectivity index (χ1) is 13.9. The molecule has 0 atom stereocenters. The summed E-state index contributed by atoms with van der Waals surface area (Å²) in [6.45, 7) is 9.57. The molecule has 174 valence electrons. The third-order valence-corrected chi connectivity index (χ3v) is 4.33. The number of guanidine groups is 1. The van der Waals surface area contributed by atoms with Gasteiger partial charge in [0.1, 0.15) is 17.1 Å². The fourth-order valence-electron chi connectivity index (χ4n) is 2.95. The number of aliphatic imine (C=N–C) groups is 1. The zero-order valence-corrected chi connectivity index (χ0v) is 20.9. The Morgan fingerprint density at radius 3 is 2.35 bits per heavy atom. The Hall–Kier alpha value is -1.98. The smallest absolute Gasteiger partial charge is 0.416 e. The van der Waals surface area contributed by atoms with E-state index in [0.29, 0.717) is 18.9 Å². The van der Waals surface area contributed by atoms with Crippen molar-refractivity contribution < 1.29 is 22.4 Å². The fraction of sp³-hybridized carbons (Fsp3) is 0.524. The molecular weight excluding hydrogens is 524 g/mol. The standard InChI is InChI=1S/C21H29F3N4O2.HI/c1-13-17(14(2)30-28-13)9-10-26-19(25-6)27-12-15-7-8-16(29-20(3,4)5)11-18(15)21(22,23)24;/h7-8,11H,9-10,12H2,1-6H3,(H2,25,26,27);1H. The van der Waals surface area contributed by atoms with E-state index in [0.717, 1.165) is 23.1 Å². The highest BCUT2D eigenvalue weighted by Crippen LogP contribution is 2.35. The van der Waals surface area contributed by atoms with Crippen LogP contribution in [0, 0.1) is 13.8 Å². The average Bonchev–Trinajstić information content (AvgIpc) is 2.95. The van der Waals surface area contributed by atoms with Gasteiger partial charge >= 0.3 is 6.18 Å². The number of hydrogen-bond acceptors (Lipinski definition) is 4. The van der Waals surface area contributed by atoms with Gasteiger partial charge in [0.15, 0.2) is 5.96 Å². The maximum absolute atomic E-state index is 13.6. The highest BCUT2D eigenvalue weighted by Gasteiger charge is 2.34. The Morgan fingerprint density at radius 2 is 1.84 bits per heavy atom. The molecule has 31 heavy (non-hydrogen) atoms. The van der Waals surface area contributed by atoms with Crippen LogP contribution in [-0.4, -0.2) is 30.3 Å². The lowest BCUT2D eigenvalue weighted by molar-refractivity contribution is -0.138. The van der Waals surface area contributed by atoms with Crippen molar-refractivity contribution in [1.82, 2.24) is 15.8 Å². The predicted molar refractivity (Wildman–Crippen MR) is 125 cm³/mol. The molecule has 0 saturated carbocycles. The largest absolute Gasteiger partial charge is 0.488 e. The molecule has 10 heteroatoms. The minimum atomic E-state index is -4.49. The van der Waals surface area contributed by atoms with E-state index in [9.17, 15) is 13.2 Å². The van der Waals surface area contributed by atoms with Gasteiger partial charge in [-0.1, -0.05) is 11.2 Å². The van der Waals surface area contributed by atoms with Crippen LogP contribution in [0.5, 0.6) is 5.75 Å². The average molecular weight is 554 g/mol. The molecule has 0 fully saturated rings. The highest BCUT2D eigenvalue weighted by atomic mass is 127. The first-order valence-electron chi connectivity index (χ1n) is 9.66. The van der Waals surface area contributed by atoms with Crippen LogP contribution in [-0.2, 0) is 19.1 Å². The molecule has 0 spiro atoms. The Morgan fingerprint density at radius 1 is 1.16 bits per heavy atom. The van der Waals surface area contributed by atoms with E-state index in [4.69, 9.17) is 9.26 Å². The Labute approximate surface area is 198 Å². The number of rotatable bonds is 6. The highest BCUT2D eigenvalue weighted by molar-refractivity contribution is 14.0. The number of hydrogen-bond donors (Lipinski definition) is 2. The van der Waals surface area contributed by atoms with Crippen LogP contribution in [0.3, 0.4) is 0 Å². The summed E-state index contributed by atoms with van der Waals surface area (Å²) in [6.07, 6.45) is -3.83. The number of halogens is 4. The topological polar surface area (TPSA) is 71.7 Å². The molecule has 0 amide bonds. The Balaban J connectivity index is 0.00000480. The number of nitrogens with zero attached hydrogens (tertiary/aromatic N) is 2. The SMILES string of the molecule is CN=C(NCCc1c(C)noc1C)NCc1ccc(OC(C)(C)C)cc1C(F)(F)F.I. The second kappa shape index (κ2) is 11.1. The number of ether oxygens (including phenoxy) is 1. The molecule has 0 saturated heterocycles. The van der Waals surface area contributed by atoms with Crippen LogP contribution in [0.15, 0.2) is 27.7 Å². The minimum Gasteiger partial charge on any atom is -0.488 e. The third kappa shape index (κ3) is 8.23. The minimum absolute atomic E-state index is 0. The zero-order chi connectivity index (χ0) is 22.5. The van der Waals surface area contributed by atoms with Gasteiger partial charge in [0.2, 0.25) is 0 Å². The van der Waals surface area contributed by atoms with Crippen molar-refractivity contribution >= 4 is 29.9 Å². The quantitative estimate of drug-likeness (QED) is 0.299. The lowest BCUT2D eigenvalue weighted by Gasteiger charge is -2.23. The van der Waals surface area contributed by atoms with E-state index in [-0.39, 0.29) is 41.8 Å². The summed E-state index contributed by atoms with van der Waals surface area (Å²) in [7, 11) is 1.57. The van der Waals surface area contributed by atoms with Crippen molar-refractivity contribution in [2.45, 2.75) is 59.4 Å². The molecular formula is C21H30F3IN4O2. The van der Waals surface area contributed by atoms with Crippen molar-refractivity contribution in [3.05, 3.63) is 46.3 Å². The molecule has 0 radical (unpaired) electrons. The van der Waals surface area contributed by atoms with Crippen molar-refractivity contribution in [3.8, 4) is 5.75 Å². The number of aromatic nitrogens is 1. The summed E-state index contributed by atoms with van der Waals surface area (Å²) < 4.78 is 51.4. The van der Waals surface area contributed by atoms with E-state index >= 15 is 0 Å². The Bertz CT molecular complexity index is 870. The maximum atomic E-state index is 13.6. The summed E-state index contributed by atoms with van der Waals surface area (Å²) in [4.78, 5) is 4.07. The van der Waals surface area contributed by atoms with Gasteiger partial charge in [-0.25, -0.2) is 0 Å². The van der Waals surface area contributed by atoms with E-state index < -0.39 is 17.3 Å². The van der Waals surface area contributed by atoms with Crippen molar-refractivity contribution in [2.24, 2.45) is 4.99 Å². The second-order valence-electron chi connectivity index (χ2n) is 7.94. The van der Waals surface area contributed by atoms with Crippen molar-refractivity contribution in [3.63, 3.8) is 0 Å². The number of benzene rings is 1. The van der Waals surface area contributed by atoms with Gasteiger partial charge in [-0.2, -0.15) is 13.2 Å². The molecule has 2 rings (SSSR count). The van der Waals surface area contributed by atoms with E-state index in [1.807, 2.05) is 13.8 Å². The molecule has 0 unspecified atom stereocenters. The molecule has 6 nitrogen and oxygen atoms in total. The van der Waals surface area contributed by atoms with Gasteiger partial charge in [0.05, 0.1) is 11.3 Å². The summed E-state index contributed by atoms with van der Waals surface area (Å²) in [6, 6.07) is 4.01. The molecule has 0 aliphatic heterocycles. The third-order valence-electron chi connectivity index (χ3n) is 4.33. The summed E-state index contributed by atoms with van der Waals surface area (Å²) >= 11 is 0. The van der Waals surface area contributed by atoms with Gasteiger partial charge in [-0.05, 0) is 58.7 Å². The monoisotopic (exact) mass is 554 g/mol. The lowest BCUT2D eigenvalue weighted by Crippen LogP contribution is -2.38. The first kappa shape index (κ1) is 27.1. The van der Waals surface area contributed by atoms with E-state index in [1.54, 1.807) is 33.9 Å². The van der Waals surface area contributed by atoms with Gasteiger partial charge in [0.25, 0.3) is 0 Å². The summed E-state index contributed by atoms with van der Waals surface area (Å²) in [5.74, 6) is 1.34. The number of alkyl halides is 3. The zero-order valence-electron chi connectivity index (χ0n) is 18.6. The summed E-state index contributed by atoms with van der Waals surface area (Å²) in [5.41, 5.74) is 0.618. The lowest BCUT2D eigenvalue weighted by atomic mass is 10.1. The maximum Gasteiger partial charge on any atom is 0.416 e. The second-order valence-corrected chi connectivity index (χ2v) is 7.94. The predicted octanol–water partition coefficient (Wildman–Crippen LogP) is 5.01. The van der Waals surface area contributed by atoms with Gasteiger partial charge in [0, 0.05) is 25.7 Å². The molecule has 1 heterocycles. The van der Waals surface area contributed by atoms with Crippen LogP contribution in [0.1, 0.15) is 48.9 Å². The molecule has 2 N–H and O–H groups in total. The Kier molecular flexibility index (Phi) is 9.65. The van der Waals surface area contributed by atoms with Crippen LogP contribution in [0.25, 0.3) is 0 Å². The molecule has 1 aromatic carbocycles. The fourth-order valence-corrected chi connectivity index (χ4v) is 2.95. The van der Waals surface area contributed by atoms with Crippen LogP contribution in [0.4, 0.5) is 13.2 Å². The number of aryl methyl sites for hydroxylation is 2. The summed E-state index contributed by atoms with van der Waals surface area (Å²) in [5, 5.41) is 9.94. The van der Waals surface area contributed by atoms with E-state index in [1.165, 1.54) is 6.07 Å². The van der Waals surface area contributed by atoms with Crippen LogP contribution in [0.2, 0.25) is 0 Å². The van der Waals surface area contributed by atoms with E-state index in [2.05, 4.69) is 20.8 Å².